The number of Topliss-reactive ketones (excluding diaryl/α,β-unsaturated/α-hetero) is 1. The SMILES string of the molecule is CC(=O)c1cc(NC2(C(F)(F)F)CC2)ccc1N. The molecule has 0 saturated heterocycles. The van der Waals surface area contributed by atoms with E-state index >= 15 is 0 Å². The Morgan fingerprint density at radius 1 is 1.39 bits per heavy atom. The Bertz CT molecular complexity index is 493. The van der Waals surface area contributed by atoms with Crippen molar-refractivity contribution >= 4 is 17.2 Å². The third-order valence-corrected chi connectivity index (χ3v) is 3.11. The van der Waals surface area contributed by atoms with Gasteiger partial charge in [0.2, 0.25) is 0 Å². The van der Waals surface area contributed by atoms with Gasteiger partial charge in [-0.15, -0.1) is 0 Å². The largest absolute Gasteiger partial charge is 0.411 e. The second-order valence-electron chi connectivity index (χ2n) is 4.56. The van der Waals surface area contributed by atoms with E-state index in [-0.39, 0.29) is 35.6 Å². The number of alkyl halides is 3. The van der Waals surface area contributed by atoms with Crippen molar-refractivity contribution in [2.45, 2.75) is 31.5 Å². The van der Waals surface area contributed by atoms with Gasteiger partial charge in [-0.2, -0.15) is 13.2 Å². The number of benzene rings is 1. The predicted molar refractivity (Wildman–Crippen MR) is 62.5 cm³/mol. The number of carbonyl (C=O) groups excluding carboxylic acids is 1. The van der Waals surface area contributed by atoms with Crippen LogP contribution in [0.3, 0.4) is 0 Å². The lowest BCUT2D eigenvalue weighted by Gasteiger charge is -2.22. The zero-order chi connectivity index (χ0) is 13.6. The van der Waals surface area contributed by atoms with Crippen molar-refractivity contribution in [1.29, 1.82) is 0 Å². The minimum atomic E-state index is -4.29. The van der Waals surface area contributed by atoms with E-state index < -0.39 is 11.7 Å². The van der Waals surface area contributed by atoms with Gasteiger partial charge in [-0.1, -0.05) is 0 Å². The molecular weight excluding hydrogens is 245 g/mol. The fourth-order valence-electron chi connectivity index (χ4n) is 1.82. The summed E-state index contributed by atoms with van der Waals surface area (Å²) in [5.41, 5.74) is 4.52. The van der Waals surface area contributed by atoms with E-state index in [2.05, 4.69) is 5.32 Å². The Morgan fingerprint density at radius 3 is 2.44 bits per heavy atom. The molecule has 0 radical (unpaired) electrons. The molecule has 1 aliphatic rings. The first-order valence-corrected chi connectivity index (χ1v) is 5.50. The van der Waals surface area contributed by atoms with Gasteiger partial charge in [-0.3, -0.25) is 4.79 Å². The lowest BCUT2D eigenvalue weighted by molar-refractivity contribution is -0.151. The number of ketones is 1. The maximum absolute atomic E-state index is 12.8. The molecule has 0 aliphatic heterocycles. The predicted octanol–water partition coefficient (Wildman–Crippen LogP) is 2.98. The third kappa shape index (κ3) is 2.14. The van der Waals surface area contributed by atoms with Gasteiger partial charge in [0.15, 0.2) is 5.78 Å². The highest BCUT2D eigenvalue weighted by Gasteiger charge is 2.63. The van der Waals surface area contributed by atoms with Crippen LogP contribution in [0.4, 0.5) is 24.5 Å². The zero-order valence-electron chi connectivity index (χ0n) is 9.77. The number of hydrogen-bond acceptors (Lipinski definition) is 3. The van der Waals surface area contributed by atoms with Gasteiger partial charge in [0.05, 0.1) is 0 Å². The lowest BCUT2D eigenvalue weighted by Crippen LogP contribution is -2.38. The van der Waals surface area contributed by atoms with Crippen molar-refractivity contribution in [2.24, 2.45) is 0 Å². The summed E-state index contributed by atoms with van der Waals surface area (Å²) < 4.78 is 38.3. The van der Waals surface area contributed by atoms with Crippen molar-refractivity contribution < 1.29 is 18.0 Å². The second-order valence-corrected chi connectivity index (χ2v) is 4.56. The van der Waals surface area contributed by atoms with Crippen LogP contribution in [-0.2, 0) is 0 Å². The number of anilines is 2. The molecule has 3 nitrogen and oxygen atoms in total. The highest BCUT2D eigenvalue weighted by Crippen LogP contribution is 2.51. The van der Waals surface area contributed by atoms with Crippen LogP contribution in [0.15, 0.2) is 18.2 Å². The van der Waals surface area contributed by atoms with E-state index in [1.807, 2.05) is 0 Å². The van der Waals surface area contributed by atoms with Crippen LogP contribution in [0.25, 0.3) is 0 Å². The van der Waals surface area contributed by atoms with Gasteiger partial charge in [-0.05, 0) is 38.0 Å². The van der Waals surface area contributed by atoms with Gasteiger partial charge >= 0.3 is 6.18 Å². The number of nitrogen functional groups attached to an aromatic ring is 1. The Hall–Kier alpha value is -1.72. The van der Waals surface area contributed by atoms with Gasteiger partial charge in [0.1, 0.15) is 5.54 Å². The molecule has 1 saturated carbocycles. The molecule has 0 spiro atoms. The summed E-state index contributed by atoms with van der Waals surface area (Å²) in [6, 6.07) is 4.25. The van der Waals surface area contributed by atoms with Crippen molar-refractivity contribution in [3.05, 3.63) is 23.8 Å². The van der Waals surface area contributed by atoms with Crippen LogP contribution >= 0.6 is 0 Å². The summed E-state index contributed by atoms with van der Waals surface area (Å²) in [6.45, 7) is 1.33. The minimum Gasteiger partial charge on any atom is -0.398 e. The average Bonchev–Trinajstić information content (AvgIpc) is 3.00. The van der Waals surface area contributed by atoms with Crippen molar-refractivity contribution in [3.63, 3.8) is 0 Å². The summed E-state index contributed by atoms with van der Waals surface area (Å²) in [5.74, 6) is -0.270. The molecule has 1 fully saturated rings. The first kappa shape index (κ1) is 12.7. The van der Waals surface area contributed by atoms with E-state index in [0.717, 1.165) is 0 Å². The smallest absolute Gasteiger partial charge is 0.398 e. The van der Waals surface area contributed by atoms with Gasteiger partial charge in [-0.25, -0.2) is 0 Å². The minimum absolute atomic E-state index is 0.0519. The molecule has 6 heteroatoms. The number of hydrogen-bond donors (Lipinski definition) is 2. The molecule has 98 valence electrons. The quantitative estimate of drug-likeness (QED) is 0.647. The van der Waals surface area contributed by atoms with Crippen molar-refractivity contribution in [2.75, 3.05) is 11.1 Å². The Balaban J connectivity index is 2.26. The number of carbonyl (C=O) groups is 1. The molecule has 0 heterocycles. The summed E-state index contributed by atoms with van der Waals surface area (Å²) >= 11 is 0. The van der Waals surface area contributed by atoms with E-state index in [0.29, 0.717) is 0 Å². The topological polar surface area (TPSA) is 55.1 Å². The molecule has 1 aromatic rings. The summed E-state index contributed by atoms with van der Waals surface area (Å²) in [5, 5.41) is 2.46. The van der Waals surface area contributed by atoms with Crippen LogP contribution < -0.4 is 11.1 Å². The summed E-state index contributed by atoms with van der Waals surface area (Å²) in [6.07, 6.45) is -4.18. The lowest BCUT2D eigenvalue weighted by atomic mass is 10.1. The van der Waals surface area contributed by atoms with Gasteiger partial charge in [0, 0.05) is 16.9 Å². The molecule has 1 aliphatic carbocycles. The number of nitrogens with two attached hydrogens (primary N) is 1. The van der Waals surface area contributed by atoms with Crippen LogP contribution in [0, 0.1) is 0 Å². The fraction of sp³-hybridized carbons (Fsp3) is 0.417. The highest BCUT2D eigenvalue weighted by molar-refractivity contribution is 6.00. The maximum Gasteiger partial charge on any atom is 0.411 e. The molecule has 0 aromatic heterocycles. The highest BCUT2D eigenvalue weighted by atomic mass is 19.4. The molecule has 0 unspecified atom stereocenters. The molecular formula is C12H13F3N2O. The first-order chi connectivity index (χ1) is 8.25. The Kier molecular flexibility index (Phi) is 2.76. The van der Waals surface area contributed by atoms with Crippen molar-refractivity contribution in [1.82, 2.24) is 0 Å². The van der Waals surface area contributed by atoms with E-state index in [9.17, 15) is 18.0 Å². The number of nitrogens with one attached hydrogen (secondary N) is 1. The maximum atomic E-state index is 12.8. The summed E-state index contributed by atoms with van der Waals surface area (Å²) in [4.78, 5) is 11.3. The standard InChI is InChI=1S/C12H13F3N2O/c1-7(18)9-6-8(2-3-10(9)16)17-11(4-5-11)12(13,14)15/h2-3,6,17H,4-5,16H2,1H3. The Labute approximate surface area is 102 Å². The Morgan fingerprint density at radius 2 is 2.00 bits per heavy atom. The average molecular weight is 258 g/mol. The van der Waals surface area contributed by atoms with Gasteiger partial charge < -0.3 is 11.1 Å². The molecule has 0 amide bonds. The first-order valence-electron chi connectivity index (χ1n) is 5.50. The third-order valence-electron chi connectivity index (χ3n) is 3.11. The van der Waals surface area contributed by atoms with E-state index in [4.69, 9.17) is 5.73 Å². The molecule has 0 bridgehead atoms. The summed E-state index contributed by atoms with van der Waals surface area (Å²) in [7, 11) is 0. The van der Waals surface area contributed by atoms with E-state index in [1.165, 1.54) is 25.1 Å². The molecule has 18 heavy (non-hydrogen) atoms. The van der Waals surface area contributed by atoms with E-state index in [1.54, 1.807) is 0 Å². The zero-order valence-corrected chi connectivity index (χ0v) is 9.77. The molecule has 1 aromatic carbocycles. The van der Waals surface area contributed by atoms with Crippen LogP contribution in [0.5, 0.6) is 0 Å². The number of halogens is 3. The van der Waals surface area contributed by atoms with Crippen LogP contribution in [0.1, 0.15) is 30.1 Å². The van der Waals surface area contributed by atoms with Crippen LogP contribution in [0.2, 0.25) is 0 Å². The molecule has 0 atom stereocenters. The second kappa shape index (κ2) is 3.90. The van der Waals surface area contributed by atoms with Crippen LogP contribution in [-0.4, -0.2) is 17.5 Å². The normalized spacial score (nSPS) is 17.3. The molecule has 3 N–H and O–H groups in total. The fourth-order valence-corrected chi connectivity index (χ4v) is 1.82. The van der Waals surface area contributed by atoms with Crippen molar-refractivity contribution in [3.8, 4) is 0 Å². The molecule has 2 rings (SSSR count). The number of rotatable bonds is 3. The monoisotopic (exact) mass is 258 g/mol. The van der Waals surface area contributed by atoms with Gasteiger partial charge in [0.25, 0.3) is 0 Å².